The van der Waals surface area contributed by atoms with E-state index in [0.29, 0.717) is 0 Å². The summed E-state index contributed by atoms with van der Waals surface area (Å²) in [6, 6.07) is 22.7. The summed E-state index contributed by atoms with van der Waals surface area (Å²) in [7, 11) is 0. The van der Waals surface area contributed by atoms with Gasteiger partial charge in [-0.2, -0.15) is 5.26 Å². The van der Waals surface area contributed by atoms with Gasteiger partial charge in [0.2, 0.25) is 0 Å². The van der Waals surface area contributed by atoms with Gasteiger partial charge in [0.25, 0.3) is 0 Å². The van der Waals surface area contributed by atoms with Gasteiger partial charge >= 0.3 is 0 Å². The molecule has 3 aromatic rings. The standard InChI is InChI=1S/C21H17N3/c1-2-24-14-18(17(13-22)16-8-4-6-10-21(16)24)20-12-11-15-7-3-5-9-19(15)23-20/h3-12,14,17H,2H2,1H3. The Balaban J connectivity index is 1.89. The summed E-state index contributed by atoms with van der Waals surface area (Å²) < 4.78 is 0. The second kappa shape index (κ2) is 5.82. The molecule has 0 saturated heterocycles. The number of nitrogens with zero attached hydrogens (tertiary/aromatic N) is 3. The third kappa shape index (κ3) is 2.24. The summed E-state index contributed by atoms with van der Waals surface area (Å²) in [6.07, 6.45) is 2.08. The van der Waals surface area contributed by atoms with Crippen molar-refractivity contribution in [1.29, 1.82) is 5.26 Å². The van der Waals surface area contributed by atoms with Crippen molar-refractivity contribution in [2.24, 2.45) is 0 Å². The van der Waals surface area contributed by atoms with Gasteiger partial charge in [0.05, 0.1) is 17.3 Å². The molecule has 1 aliphatic rings. The molecule has 0 saturated carbocycles. The van der Waals surface area contributed by atoms with Crippen LogP contribution < -0.4 is 4.90 Å². The Morgan fingerprint density at radius 2 is 1.83 bits per heavy atom. The number of para-hydroxylation sites is 2. The zero-order chi connectivity index (χ0) is 16.5. The first-order chi connectivity index (χ1) is 11.8. The number of aromatic nitrogens is 1. The molecule has 0 N–H and O–H groups in total. The Bertz CT molecular complexity index is 982. The van der Waals surface area contributed by atoms with Gasteiger partial charge in [-0.05, 0) is 30.7 Å². The van der Waals surface area contributed by atoms with Crippen LogP contribution in [-0.2, 0) is 0 Å². The summed E-state index contributed by atoms with van der Waals surface area (Å²) >= 11 is 0. The van der Waals surface area contributed by atoms with Crippen molar-refractivity contribution in [3.63, 3.8) is 0 Å². The third-order valence-corrected chi connectivity index (χ3v) is 4.53. The smallest absolute Gasteiger partial charge is 0.102 e. The van der Waals surface area contributed by atoms with E-state index in [9.17, 15) is 5.26 Å². The van der Waals surface area contributed by atoms with E-state index in [1.165, 1.54) is 0 Å². The monoisotopic (exact) mass is 311 g/mol. The molecule has 1 aromatic heterocycles. The lowest BCUT2D eigenvalue weighted by atomic mass is 9.86. The Morgan fingerprint density at radius 1 is 1.04 bits per heavy atom. The predicted octanol–water partition coefficient (Wildman–Crippen LogP) is 4.72. The summed E-state index contributed by atoms with van der Waals surface area (Å²) in [5.41, 5.74) is 4.94. The molecule has 3 heteroatoms. The summed E-state index contributed by atoms with van der Waals surface area (Å²) in [6.45, 7) is 2.97. The zero-order valence-corrected chi connectivity index (χ0v) is 13.5. The average molecular weight is 311 g/mol. The van der Waals surface area contributed by atoms with E-state index >= 15 is 0 Å². The van der Waals surface area contributed by atoms with Gasteiger partial charge in [-0.3, -0.25) is 0 Å². The number of nitriles is 1. The molecule has 3 nitrogen and oxygen atoms in total. The van der Waals surface area contributed by atoms with Crippen LogP contribution in [0.4, 0.5) is 5.69 Å². The molecule has 4 rings (SSSR count). The first kappa shape index (κ1) is 14.5. The number of rotatable bonds is 2. The zero-order valence-electron chi connectivity index (χ0n) is 13.5. The minimum absolute atomic E-state index is 0.294. The fourth-order valence-corrected chi connectivity index (χ4v) is 3.31. The molecule has 116 valence electrons. The molecule has 1 unspecified atom stereocenters. The molecule has 0 aliphatic carbocycles. The number of benzene rings is 2. The fraction of sp³-hybridized carbons (Fsp3) is 0.143. The van der Waals surface area contributed by atoms with Crippen molar-refractivity contribution in [1.82, 2.24) is 4.98 Å². The van der Waals surface area contributed by atoms with Crippen LogP contribution in [0.5, 0.6) is 0 Å². The summed E-state index contributed by atoms with van der Waals surface area (Å²) in [5.74, 6) is -0.294. The molecule has 0 radical (unpaired) electrons. The number of hydrogen-bond acceptors (Lipinski definition) is 3. The van der Waals surface area contributed by atoms with Gasteiger partial charge in [0.15, 0.2) is 0 Å². The van der Waals surface area contributed by atoms with Crippen molar-refractivity contribution in [2.75, 3.05) is 11.4 Å². The van der Waals surface area contributed by atoms with Gasteiger partial charge in [0, 0.05) is 29.4 Å². The van der Waals surface area contributed by atoms with Crippen LogP contribution in [0.1, 0.15) is 24.1 Å². The van der Waals surface area contributed by atoms with Crippen molar-refractivity contribution >= 4 is 22.2 Å². The van der Waals surface area contributed by atoms with Crippen molar-refractivity contribution in [2.45, 2.75) is 12.8 Å². The van der Waals surface area contributed by atoms with E-state index in [1.54, 1.807) is 0 Å². The maximum Gasteiger partial charge on any atom is 0.102 e. The van der Waals surface area contributed by atoms with Gasteiger partial charge in [-0.15, -0.1) is 0 Å². The average Bonchev–Trinajstić information content (AvgIpc) is 2.66. The predicted molar refractivity (Wildman–Crippen MR) is 97.5 cm³/mol. The molecule has 2 aromatic carbocycles. The van der Waals surface area contributed by atoms with Crippen LogP contribution in [0.2, 0.25) is 0 Å². The van der Waals surface area contributed by atoms with Crippen molar-refractivity contribution in [3.05, 3.63) is 78.1 Å². The van der Waals surface area contributed by atoms with E-state index in [4.69, 9.17) is 4.98 Å². The largest absolute Gasteiger partial charge is 0.348 e. The van der Waals surface area contributed by atoms with Crippen LogP contribution in [0.3, 0.4) is 0 Å². The Labute approximate surface area is 141 Å². The van der Waals surface area contributed by atoms with Crippen LogP contribution in [0.25, 0.3) is 16.5 Å². The Morgan fingerprint density at radius 3 is 2.67 bits per heavy atom. The highest BCUT2D eigenvalue weighted by Crippen LogP contribution is 2.41. The van der Waals surface area contributed by atoms with Crippen LogP contribution in [-0.4, -0.2) is 11.5 Å². The lowest BCUT2D eigenvalue weighted by Crippen LogP contribution is -2.23. The van der Waals surface area contributed by atoms with Crippen LogP contribution in [0, 0.1) is 11.3 Å². The van der Waals surface area contributed by atoms with Crippen molar-refractivity contribution < 1.29 is 0 Å². The topological polar surface area (TPSA) is 39.9 Å². The van der Waals surface area contributed by atoms with Crippen molar-refractivity contribution in [3.8, 4) is 6.07 Å². The van der Waals surface area contributed by atoms with Crippen LogP contribution in [0.15, 0.2) is 66.9 Å². The number of anilines is 1. The maximum absolute atomic E-state index is 9.80. The maximum atomic E-state index is 9.80. The first-order valence-corrected chi connectivity index (χ1v) is 8.15. The minimum atomic E-state index is -0.294. The minimum Gasteiger partial charge on any atom is -0.348 e. The third-order valence-electron chi connectivity index (χ3n) is 4.53. The molecule has 0 amide bonds. The van der Waals surface area contributed by atoms with Crippen LogP contribution >= 0.6 is 0 Å². The van der Waals surface area contributed by atoms with E-state index in [0.717, 1.165) is 40.0 Å². The summed E-state index contributed by atoms with van der Waals surface area (Å²) in [4.78, 5) is 6.98. The molecule has 0 fully saturated rings. The molecule has 0 bridgehead atoms. The number of hydrogen-bond donors (Lipinski definition) is 0. The quantitative estimate of drug-likeness (QED) is 0.687. The molecular formula is C21H17N3. The van der Waals surface area contributed by atoms with Gasteiger partial charge in [-0.25, -0.2) is 4.98 Å². The Hall–Kier alpha value is -3.12. The SMILES string of the molecule is CCN1C=C(c2ccc3ccccc3n2)C(C#N)c2ccccc21. The van der Waals surface area contributed by atoms with Gasteiger partial charge in [0.1, 0.15) is 5.92 Å². The lowest BCUT2D eigenvalue weighted by Gasteiger charge is -2.31. The second-order valence-electron chi connectivity index (χ2n) is 5.88. The highest BCUT2D eigenvalue weighted by atomic mass is 15.1. The highest BCUT2D eigenvalue weighted by molar-refractivity contribution is 5.85. The number of pyridine rings is 1. The van der Waals surface area contributed by atoms with Gasteiger partial charge in [-0.1, -0.05) is 42.5 Å². The molecular weight excluding hydrogens is 294 g/mol. The van der Waals surface area contributed by atoms with E-state index < -0.39 is 0 Å². The summed E-state index contributed by atoms with van der Waals surface area (Å²) in [5, 5.41) is 10.9. The lowest BCUT2D eigenvalue weighted by molar-refractivity contribution is 0.947. The highest BCUT2D eigenvalue weighted by Gasteiger charge is 2.28. The van der Waals surface area contributed by atoms with Gasteiger partial charge < -0.3 is 4.90 Å². The van der Waals surface area contributed by atoms with E-state index in [2.05, 4.69) is 42.3 Å². The molecule has 2 heterocycles. The first-order valence-electron chi connectivity index (χ1n) is 8.15. The van der Waals surface area contributed by atoms with E-state index in [-0.39, 0.29) is 5.92 Å². The number of allylic oxidation sites excluding steroid dienone is 1. The second-order valence-corrected chi connectivity index (χ2v) is 5.88. The molecule has 0 spiro atoms. The molecule has 24 heavy (non-hydrogen) atoms. The normalized spacial score (nSPS) is 16.4. The number of fused-ring (bicyclic) bond motifs is 2. The fourth-order valence-electron chi connectivity index (χ4n) is 3.31. The molecule has 1 atom stereocenters. The van der Waals surface area contributed by atoms with E-state index in [1.807, 2.05) is 42.5 Å². The Kier molecular flexibility index (Phi) is 3.51. The molecule has 1 aliphatic heterocycles.